The predicted octanol–water partition coefficient (Wildman–Crippen LogP) is 19.6. The van der Waals surface area contributed by atoms with Crippen LogP contribution in [-0.2, 0) is 14.3 Å². The van der Waals surface area contributed by atoms with Crippen molar-refractivity contribution in [3.8, 4) is 0 Å². The van der Waals surface area contributed by atoms with E-state index in [1.165, 1.54) is 250 Å². The minimum Gasteiger partial charge on any atom is -0.465 e. The van der Waals surface area contributed by atoms with Gasteiger partial charge in [-0.1, -0.05) is 288 Å². The van der Waals surface area contributed by atoms with E-state index >= 15 is 0 Å². The summed E-state index contributed by atoms with van der Waals surface area (Å²) < 4.78 is 5.42. The fourth-order valence-electron chi connectivity index (χ4n) is 9.65. The Morgan fingerprint density at radius 3 is 1.10 bits per heavy atom. The Hall–Kier alpha value is -1.92. The molecule has 0 aliphatic carbocycles. The first-order valence-corrected chi connectivity index (χ1v) is 31.2. The van der Waals surface area contributed by atoms with Gasteiger partial charge in [0.15, 0.2) is 0 Å². The molecule has 412 valence electrons. The van der Waals surface area contributed by atoms with Gasteiger partial charge < -0.3 is 20.3 Å². The summed E-state index contributed by atoms with van der Waals surface area (Å²) in [7, 11) is 0. The van der Waals surface area contributed by atoms with E-state index in [0.29, 0.717) is 25.9 Å². The van der Waals surface area contributed by atoms with Gasteiger partial charge in [0, 0.05) is 12.8 Å². The van der Waals surface area contributed by atoms with Crippen LogP contribution in [0.4, 0.5) is 0 Å². The Bertz CT molecular complexity index is 1130. The molecule has 0 aliphatic rings. The quantitative estimate of drug-likeness (QED) is 0.0321. The van der Waals surface area contributed by atoms with Crippen molar-refractivity contribution < 1.29 is 24.5 Å². The van der Waals surface area contributed by atoms with Gasteiger partial charge in [0.2, 0.25) is 5.91 Å². The zero-order valence-electron chi connectivity index (χ0n) is 47.0. The molecule has 6 heteroatoms. The first-order valence-electron chi connectivity index (χ1n) is 31.2. The standard InChI is InChI=1S/C64H121NO5/c1-3-5-7-9-11-13-15-17-19-28-32-36-40-44-48-52-56-62(67)61(60-66)65-63(68)57-53-49-45-41-37-33-29-26-24-22-21-23-25-27-31-35-39-43-47-51-55-59-70-64(69)58-54-50-46-42-38-34-30-20-18-16-14-12-10-8-6-4-2/h20,30,35,39,47,51,61-62,66-67H,3-19,21-29,31-34,36-38,40-46,48-50,52-60H2,1-2H3,(H,65,68)/b30-20-,39-35-,51-47-. The van der Waals surface area contributed by atoms with E-state index in [1.807, 2.05) is 0 Å². The molecule has 2 atom stereocenters. The van der Waals surface area contributed by atoms with E-state index in [9.17, 15) is 19.8 Å². The van der Waals surface area contributed by atoms with Crippen LogP contribution < -0.4 is 5.32 Å². The summed E-state index contributed by atoms with van der Waals surface area (Å²) >= 11 is 0. The molecule has 0 aromatic heterocycles. The van der Waals surface area contributed by atoms with Crippen molar-refractivity contribution in [3.63, 3.8) is 0 Å². The third-order valence-electron chi connectivity index (χ3n) is 14.4. The van der Waals surface area contributed by atoms with Crippen molar-refractivity contribution in [1.29, 1.82) is 0 Å². The first-order chi connectivity index (χ1) is 34.5. The molecular weight excluding hydrogens is 863 g/mol. The van der Waals surface area contributed by atoms with E-state index in [1.54, 1.807) is 0 Å². The van der Waals surface area contributed by atoms with Gasteiger partial charge in [-0.3, -0.25) is 9.59 Å². The van der Waals surface area contributed by atoms with Crippen molar-refractivity contribution in [2.45, 2.75) is 347 Å². The van der Waals surface area contributed by atoms with Crippen LogP contribution in [0.2, 0.25) is 0 Å². The van der Waals surface area contributed by atoms with Crippen molar-refractivity contribution in [2.75, 3.05) is 13.2 Å². The molecule has 0 radical (unpaired) electrons. The van der Waals surface area contributed by atoms with Crippen molar-refractivity contribution >= 4 is 11.9 Å². The Labute approximate surface area is 436 Å². The SMILES string of the molecule is CCCCCCCCC/C=C\CCCCCCCC(=O)OCC/C=C\C/C=C\CCCCCCCCCCCCCCCCC(=O)NC(CO)C(O)CCCCCCCCCCCCCCCCCC. The minimum absolute atomic E-state index is 0.0381. The number of ether oxygens (including phenoxy) is 1. The van der Waals surface area contributed by atoms with Gasteiger partial charge in [0.1, 0.15) is 0 Å². The number of aliphatic hydroxyl groups excluding tert-OH is 2. The van der Waals surface area contributed by atoms with Crippen LogP contribution in [-0.4, -0.2) is 47.4 Å². The summed E-state index contributed by atoms with van der Waals surface area (Å²) in [6, 6.07) is -0.546. The lowest BCUT2D eigenvalue weighted by Crippen LogP contribution is -2.45. The topological polar surface area (TPSA) is 95.9 Å². The summed E-state index contributed by atoms with van der Waals surface area (Å²) in [5.74, 6) is -0.0805. The lowest BCUT2D eigenvalue weighted by atomic mass is 10.0. The molecule has 0 rings (SSSR count). The van der Waals surface area contributed by atoms with Crippen molar-refractivity contribution in [2.24, 2.45) is 0 Å². The maximum Gasteiger partial charge on any atom is 0.305 e. The monoisotopic (exact) mass is 984 g/mol. The highest BCUT2D eigenvalue weighted by molar-refractivity contribution is 5.76. The highest BCUT2D eigenvalue weighted by Gasteiger charge is 2.20. The van der Waals surface area contributed by atoms with Gasteiger partial charge in [0.25, 0.3) is 0 Å². The lowest BCUT2D eigenvalue weighted by molar-refractivity contribution is -0.143. The van der Waals surface area contributed by atoms with Crippen LogP contribution in [0.3, 0.4) is 0 Å². The third kappa shape index (κ3) is 55.4. The number of nitrogens with one attached hydrogen (secondary N) is 1. The maximum absolute atomic E-state index is 12.5. The van der Waals surface area contributed by atoms with Crippen LogP contribution in [0.15, 0.2) is 36.5 Å². The van der Waals surface area contributed by atoms with Gasteiger partial charge in [-0.2, -0.15) is 0 Å². The number of carbonyl (C=O) groups excluding carboxylic acids is 2. The zero-order chi connectivity index (χ0) is 50.7. The number of unbranched alkanes of at least 4 members (excludes halogenated alkanes) is 41. The normalized spacial score (nSPS) is 12.8. The molecule has 70 heavy (non-hydrogen) atoms. The van der Waals surface area contributed by atoms with Crippen molar-refractivity contribution in [1.82, 2.24) is 5.32 Å². The van der Waals surface area contributed by atoms with Crippen LogP contribution in [0.25, 0.3) is 0 Å². The number of esters is 1. The molecule has 0 heterocycles. The lowest BCUT2D eigenvalue weighted by Gasteiger charge is -2.22. The Morgan fingerprint density at radius 1 is 0.400 bits per heavy atom. The van der Waals surface area contributed by atoms with E-state index in [-0.39, 0.29) is 18.5 Å². The van der Waals surface area contributed by atoms with Crippen LogP contribution in [0, 0.1) is 0 Å². The number of amides is 1. The molecule has 0 spiro atoms. The molecule has 0 aromatic rings. The second-order valence-corrected chi connectivity index (χ2v) is 21.4. The average molecular weight is 985 g/mol. The molecule has 0 saturated carbocycles. The molecule has 6 nitrogen and oxygen atoms in total. The smallest absolute Gasteiger partial charge is 0.305 e. The number of allylic oxidation sites excluding steroid dienone is 5. The molecule has 1 amide bonds. The second kappa shape index (κ2) is 59.6. The summed E-state index contributed by atoms with van der Waals surface area (Å²) in [6.45, 7) is 4.85. The van der Waals surface area contributed by atoms with Crippen LogP contribution in [0.1, 0.15) is 335 Å². The minimum atomic E-state index is -0.668. The van der Waals surface area contributed by atoms with Gasteiger partial charge in [-0.25, -0.2) is 0 Å². The number of carbonyl (C=O) groups is 2. The van der Waals surface area contributed by atoms with E-state index in [4.69, 9.17) is 4.74 Å². The molecule has 0 bridgehead atoms. The van der Waals surface area contributed by atoms with Crippen molar-refractivity contribution in [3.05, 3.63) is 36.5 Å². The fraction of sp³-hybridized carbons (Fsp3) is 0.875. The molecular formula is C64H121NO5. The summed E-state index contributed by atoms with van der Waals surface area (Å²) in [5.41, 5.74) is 0. The number of hydrogen-bond acceptors (Lipinski definition) is 5. The summed E-state index contributed by atoms with van der Waals surface area (Å²) in [4.78, 5) is 24.5. The summed E-state index contributed by atoms with van der Waals surface area (Å²) in [5, 5.41) is 23.3. The van der Waals surface area contributed by atoms with Gasteiger partial charge in [0.05, 0.1) is 25.4 Å². The number of rotatable bonds is 58. The Balaban J connectivity index is 3.45. The maximum atomic E-state index is 12.5. The first kappa shape index (κ1) is 68.1. The highest BCUT2D eigenvalue weighted by Crippen LogP contribution is 2.17. The molecule has 0 fully saturated rings. The van der Waals surface area contributed by atoms with Crippen LogP contribution >= 0.6 is 0 Å². The predicted molar refractivity (Wildman–Crippen MR) is 306 cm³/mol. The Morgan fingerprint density at radius 2 is 0.714 bits per heavy atom. The average Bonchev–Trinajstić information content (AvgIpc) is 3.36. The molecule has 2 unspecified atom stereocenters. The molecule has 0 aromatic carbocycles. The van der Waals surface area contributed by atoms with E-state index in [2.05, 4.69) is 55.6 Å². The molecule has 3 N–H and O–H groups in total. The second-order valence-electron chi connectivity index (χ2n) is 21.4. The van der Waals surface area contributed by atoms with E-state index in [0.717, 1.165) is 51.4 Å². The molecule has 0 aliphatic heterocycles. The zero-order valence-corrected chi connectivity index (χ0v) is 47.0. The van der Waals surface area contributed by atoms with Gasteiger partial charge in [-0.05, 0) is 70.6 Å². The third-order valence-corrected chi connectivity index (χ3v) is 14.4. The van der Waals surface area contributed by atoms with Crippen LogP contribution in [0.5, 0.6) is 0 Å². The molecule has 0 saturated heterocycles. The number of aliphatic hydroxyl groups is 2. The summed E-state index contributed by atoms with van der Waals surface area (Å²) in [6.07, 6.45) is 74.5. The largest absolute Gasteiger partial charge is 0.465 e. The highest BCUT2D eigenvalue weighted by atomic mass is 16.5. The van der Waals surface area contributed by atoms with Gasteiger partial charge >= 0.3 is 5.97 Å². The number of hydrogen-bond donors (Lipinski definition) is 3. The van der Waals surface area contributed by atoms with E-state index < -0.39 is 12.1 Å². The fourth-order valence-corrected chi connectivity index (χ4v) is 9.65. The van der Waals surface area contributed by atoms with Gasteiger partial charge in [-0.15, -0.1) is 0 Å². The Kier molecular flexibility index (Phi) is 58.0.